The number of thiazole rings is 1. The van der Waals surface area contributed by atoms with Crippen molar-refractivity contribution in [2.45, 2.75) is 62.3 Å². The van der Waals surface area contributed by atoms with Crippen LogP contribution in [-0.4, -0.2) is 78.4 Å². The summed E-state index contributed by atoms with van der Waals surface area (Å²) < 4.78 is 5.01. The maximum atomic E-state index is 10.0. The number of allylic oxidation sites excluding steroid dienone is 8. The quantitative estimate of drug-likeness (QED) is 0.0535. The van der Waals surface area contributed by atoms with E-state index >= 15 is 0 Å². The molecule has 11 aromatic heterocycles. The van der Waals surface area contributed by atoms with Gasteiger partial charge in [0.15, 0.2) is 23.1 Å². The fraction of sp³-hybridized carbons (Fsp3) is 0.0804. The molecule has 0 unspecified atom stereocenters. The van der Waals surface area contributed by atoms with Crippen LogP contribution in [0.4, 0.5) is 0 Å². The van der Waals surface area contributed by atoms with Crippen LogP contribution in [-0.2, 0) is 161 Å². The van der Waals surface area contributed by atoms with Gasteiger partial charge >= 0.3 is 0 Å². The van der Waals surface area contributed by atoms with Gasteiger partial charge in [-0.3, -0.25) is 29.1 Å². The molecule has 0 spiro atoms. The average molecular weight is 3170 g/mol. The van der Waals surface area contributed by atoms with Gasteiger partial charge in [-0.05, 0) is 172 Å². The van der Waals surface area contributed by atoms with Crippen LogP contribution in [0.1, 0.15) is 61.0 Å². The van der Waals surface area contributed by atoms with Gasteiger partial charge in [0, 0.05) is 224 Å². The van der Waals surface area contributed by atoms with Crippen LogP contribution in [0.2, 0.25) is 0 Å². The number of aliphatic hydroxyl groups excluding tert-OH is 4. The Kier molecular flexibility index (Phi) is 58.9. The van der Waals surface area contributed by atoms with Crippen molar-refractivity contribution in [2.24, 2.45) is 0 Å². The molecule has 0 aliphatic rings. The van der Waals surface area contributed by atoms with Crippen LogP contribution in [0.15, 0.2) is 393 Å². The van der Waals surface area contributed by atoms with E-state index in [4.69, 9.17) is 25.4 Å². The Labute approximate surface area is 926 Å². The Morgan fingerprint density at radius 2 is 0.683 bits per heavy atom. The molecule has 0 aliphatic heterocycles. The normalized spacial score (nSPS) is 10.2. The molecule has 0 saturated heterocycles. The molecule has 9 aromatic carbocycles. The first-order chi connectivity index (χ1) is 64.0. The summed E-state index contributed by atoms with van der Waals surface area (Å²) in [5, 5.41) is 43.6. The minimum absolute atomic E-state index is 0. The first kappa shape index (κ1) is 122. The van der Waals surface area contributed by atoms with Crippen molar-refractivity contribution in [2.75, 3.05) is 0 Å². The maximum Gasteiger partial charge on any atom is 0.155 e. The number of pyridine rings is 6. The van der Waals surface area contributed by atoms with Crippen LogP contribution >= 0.6 is 56.7 Å². The zero-order chi connectivity index (χ0) is 93.8. The number of aromatic nitrogens is 7. The van der Waals surface area contributed by atoms with Crippen molar-refractivity contribution < 1.29 is 181 Å². The van der Waals surface area contributed by atoms with Gasteiger partial charge in [-0.1, -0.05) is 157 Å². The minimum Gasteiger partial charge on any atom is -0.512 e. The smallest absolute Gasteiger partial charge is 0.155 e. The molecular weight excluding hydrogens is 3080 g/mol. The van der Waals surface area contributed by atoms with Crippen LogP contribution in [0.25, 0.3) is 138 Å². The summed E-state index contributed by atoms with van der Waals surface area (Å²) in [6, 6.07) is 126. The Morgan fingerprint density at radius 3 is 1.09 bits per heavy atom. The van der Waals surface area contributed by atoms with Crippen LogP contribution in [0.3, 0.4) is 0 Å². The molecule has 20 aromatic rings. The Morgan fingerprint density at radius 1 is 0.302 bits per heavy atom. The second-order valence-corrected chi connectivity index (χ2v) is 33.7. The predicted molar refractivity (Wildman–Crippen MR) is 547 cm³/mol. The summed E-state index contributed by atoms with van der Waals surface area (Å²) in [5.74, 6) is -0.250. The Hall–Kier alpha value is -10.7. The summed E-state index contributed by atoms with van der Waals surface area (Å²) in [5.41, 5.74) is 12.4. The molecule has 6 radical (unpaired) electrons. The van der Waals surface area contributed by atoms with Gasteiger partial charge in [0.1, 0.15) is 0 Å². The van der Waals surface area contributed by atoms with Crippen LogP contribution in [0.5, 0.6) is 0 Å². The molecule has 0 amide bonds. The van der Waals surface area contributed by atoms with Gasteiger partial charge in [0.05, 0.1) is 34.1 Å². The van der Waals surface area contributed by atoms with Crippen molar-refractivity contribution in [1.82, 2.24) is 34.9 Å². The third kappa shape index (κ3) is 43.1. The van der Waals surface area contributed by atoms with Crippen LogP contribution in [0, 0.1) is 49.4 Å². The van der Waals surface area contributed by atoms with Gasteiger partial charge < -0.3 is 45.3 Å². The van der Waals surface area contributed by atoms with Crippen molar-refractivity contribution in [3.63, 3.8) is 0 Å². The molecule has 11 heterocycles. The fourth-order valence-corrected chi connectivity index (χ4v) is 16.5. The zero-order valence-corrected chi connectivity index (χ0v) is 96.9. The Bertz CT molecular complexity index is 6760. The molecule has 139 heavy (non-hydrogen) atoms. The van der Waals surface area contributed by atoms with E-state index < -0.39 is 0 Å². The molecular formula is C112H92Ir6N7O8PtS5-7. The fourth-order valence-electron chi connectivity index (χ4n) is 11.9. The van der Waals surface area contributed by atoms with Gasteiger partial charge in [-0.2, -0.15) is 23.5 Å². The summed E-state index contributed by atoms with van der Waals surface area (Å²) >= 11 is 8.58. The molecule has 27 heteroatoms. The number of thiophene rings is 4. The number of fused-ring (bicyclic) bond motifs is 6. The number of rotatable bonds is 11. The topological polar surface area (TPSA) is 239 Å². The van der Waals surface area contributed by atoms with Gasteiger partial charge in [-0.15, -0.1) is 184 Å². The number of nitrogens with zero attached hydrogens (tertiary/aromatic N) is 7. The number of hydrogen-bond donors (Lipinski definition) is 4. The number of ketones is 4. The SMILES string of the molecule is CC(=O)C=C(C)O.CC(=O)C=C(C)O.CC(=O)C=C(C)O.CC(=O)C=C(C)O.Cc1ccc(-c2[c-]c3ccccc3s2)nc1.[Ir].[Ir].[Ir].[Ir].[Ir].[Ir].[Pt].[c-]1c(-c2ccc3ccccc3n2)sc2ccccc12.[c-]1c(-c2ccccn2)sc2ccccc12.[c-]1ccccc1-c1ccccn1.[c-]1ccccc1-c1nc2ccccc2s1.[c-]1ccccc1-c1nccc2ccccc12.[c-]1ccsc1-c1ccccn1. The van der Waals surface area contributed by atoms with E-state index in [1.54, 1.807) is 69.1 Å². The first-order valence-corrected chi connectivity index (χ1v) is 45.5. The number of aliphatic hydroxyl groups is 4. The Balaban J connectivity index is 0.000000398. The van der Waals surface area contributed by atoms with Crippen LogP contribution < -0.4 is 0 Å². The van der Waals surface area contributed by atoms with E-state index in [1.807, 2.05) is 237 Å². The number of carbonyl (C=O) groups is 4. The maximum absolute atomic E-state index is 10.0. The van der Waals surface area contributed by atoms with Crippen molar-refractivity contribution in [3.05, 3.63) is 441 Å². The second kappa shape index (κ2) is 66.8. The third-order valence-electron chi connectivity index (χ3n) is 17.5. The minimum atomic E-state index is -0.125. The van der Waals surface area contributed by atoms with E-state index in [9.17, 15) is 19.2 Å². The summed E-state index contributed by atoms with van der Waals surface area (Å²) in [4.78, 5) is 75.4. The van der Waals surface area contributed by atoms with Gasteiger partial charge in [-0.25, -0.2) is 45.3 Å². The van der Waals surface area contributed by atoms with E-state index in [2.05, 4.69) is 175 Å². The predicted octanol–water partition coefficient (Wildman–Crippen LogP) is 29.5. The largest absolute Gasteiger partial charge is 0.512 e. The van der Waals surface area contributed by atoms with Crippen molar-refractivity contribution >= 4 is 142 Å². The number of para-hydroxylation sites is 2. The van der Waals surface area contributed by atoms with Gasteiger partial charge in [0.25, 0.3) is 0 Å². The van der Waals surface area contributed by atoms with E-state index in [0.717, 1.165) is 91.8 Å². The molecule has 0 atom stereocenters. The van der Waals surface area contributed by atoms with E-state index in [-0.39, 0.29) is 188 Å². The summed E-state index contributed by atoms with van der Waals surface area (Å²) in [6.07, 6.45) is 13.8. The molecule has 15 nitrogen and oxygen atoms in total. The molecule has 724 valence electrons. The van der Waals surface area contributed by atoms with Gasteiger partial charge in [0.2, 0.25) is 0 Å². The molecule has 0 bridgehead atoms. The summed E-state index contributed by atoms with van der Waals surface area (Å²) in [6.45, 7) is 13.4. The second-order valence-electron chi connectivity index (χ2n) is 28.6. The summed E-state index contributed by atoms with van der Waals surface area (Å²) in [7, 11) is 0. The van der Waals surface area contributed by atoms with E-state index in [0.29, 0.717) is 0 Å². The monoisotopic (exact) mass is 3180 g/mol. The molecule has 0 saturated carbocycles. The zero-order valence-electron chi connectivity index (χ0n) is 76.1. The number of benzene rings is 9. The standard InChI is InChI=1S/C17H10NS.C15H10N.C14H10NS.2C13H8NS.C11H8N.C9H6NS.4C5H8O2.6Ir.Pt/c1-3-7-14-12(5-1)9-10-15(18-14)17-11-13-6-2-4-8-16(13)19-17;1-2-7-13(8-3-1)15-14-9-5-4-6-12(14)10-11-16-15;1-10-6-7-12(15-9-10)14-8-11-4-2-3-5-13(11)16-14;1-2-7-12-10(5-1)9-13(15-12)11-6-3-4-8-14-11;1-2-6-10(7-3-1)13-14-11-8-4-5-9-12(11)15-13;1-2-6-10(7-3-1)11-8-4-5-9-12-11;1-2-6-10-8(4-1)9-5-3-7-11-9;4*1-4(6)3-5(2)7;;;;;;;/h1-10H;1-7,9-11H;2-7,9H,1H3;1-8H;1-6,8-9H;1-6,8-9H;1-4,6-7H;4*3,6H,1-2H3;;;;;;;/q7*-1;;;;;;;;;;;. The van der Waals surface area contributed by atoms with Crippen molar-refractivity contribution in [3.8, 4) is 75.4 Å². The molecule has 0 fully saturated rings. The van der Waals surface area contributed by atoms with Crippen molar-refractivity contribution in [1.29, 1.82) is 0 Å². The molecule has 4 N–H and O–H groups in total. The third-order valence-corrected chi connectivity index (χ3v) is 22.6. The average Bonchev–Trinajstić information content (AvgIpc) is 1.77. The van der Waals surface area contributed by atoms with E-state index in [1.165, 1.54) is 131 Å². The number of carbonyl (C=O) groups excluding carboxylic acids is 4. The number of aryl methyl sites for hydroxylation is 1. The molecule has 20 rings (SSSR count). The first-order valence-electron chi connectivity index (χ1n) is 41.3. The number of hydrogen-bond acceptors (Lipinski definition) is 20. The molecule has 0 aliphatic carbocycles.